The van der Waals surface area contributed by atoms with Crippen molar-refractivity contribution >= 4 is 47.0 Å². The standard InChI is InChI=1S/4C14H26O5.Ti/c4*1-4-6-8-18-14(3,19-9-7-5-2)11-12(15)10-13(16)17;/h4*4-11H2,1-3H3,(H,16,17);/q;;;;+4/p-4. The summed E-state index contributed by atoms with van der Waals surface area (Å²) in [7, 11) is 0. The van der Waals surface area contributed by atoms with Crippen molar-refractivity contribution in [3.05, 3.63) is 0 Å². The fraction of sp³-hybridized carbons (Fsp3) is 0.857. The Morgan fingerprint density at radius 2 is 0.390 bits per heavy atom. The van der Waals surface area contributed by atoms with Gasteiger partial charge in [0.1, 0.15) is 23.1 Å². The Bertz CT molecular complexity index is 1290. The Kier molecular flexibility index (Phi) is 56.3. The number of ketones is 4. The monoisotopic (exact) mass is 1140 g/mol. The third-order valence-corrected chi connectivity index (χ3v) is 10.7. The van der Waals surface area contributed by atoms with Crippen LogP contribution in [0.4, 0.5) is 0 Å². The number of carboxylic acid groups (broad SMARTS) is 4. The van der Waals surface area contributed by atoms with Gasteiger partial charge < -0.3 is 77.5 Å². The van der Waals surface area contributed by atoms with Gasteiger partial charge in [-0.15, -0.1) is 0 Å². The van der Waals surface area contributed by atoms with E-state index in [1.807, 2.05) is 55.4 Å². The zero-order valence-corrected chi connectivity index (χ0v) is 50.9. The van der Waals surface area contributed by atoms with Gasteiger partial charge in [-0.3, -0.25) is 19.2 Å². The zero-order chi connectivity index (χ0) is 58.9. The van der Waals surface area contributed by atoms with Gasteiger partial charge in [0.2, 0.25) is 0 Å². The molecule has 0 bridgehead atoms. The van der Waals surface area contributed by atoms with Crippen LogP contribution in [-0.2, 0) is 98.0 Å². The molecule has 0 heterocycles. The number of carbonyl (C=O) groups is 8. The fourth-order valence-corrected chi connectivity index (χ4v) is 6.36. The number of rotatable bonds is 48. The summed E-state index contributed by atoms with van der Waals surface area (Å²) >= 11 is 0. The van der Waals surface area contributed by atoms with E-state index in [2.05, 4.69) is 0 Å². The number of unbranched alkanes of at least 4 members (excludes halogenated alkanes) is 8. The summed E-state index contributed by atoms with van der Waals surface area (Å²) in [6, 6.07) is 0. The Morgan fingerprint density at radius 1 is 0.273 bits per heavy atom. The van der Waals surface area contributed by atoms with Crippen LogP contribution in [0.3, 0.4) is 0 Å². The minimum absolute atomic E-state index is 0. The summed E-state index contributed by atoms with van der Waals surface area (Å²) < 4.78 is 44.9. The van der Waals surface area contributed by atoms with E-state index in [1.54, 1.807) is 27.7 Å². The molecule has 0 fully saturated rings. The first kappa shape index (κ1) is 82.8. The molecule has 0 atom stereocenters. The van der Waals surface area contributed by atoms with Crippen LogP contribution in [0.5, 0.6) is 0 Å². The molecular formula is C56H100O20Ti. The Morgan fingerprint density at radius 3 is 0.481 bits per heavy atom. The number of hydrogen-bond donors (Lipinski definition) is 0. The SMILES string of the molecule is CCCCOC(C)(CC(=O)CC(=O)[O-])OCCCC.CCCCOC(C)(CC(=O)CC(=O)[O-])OCCCC.CCCCOC(C)(CC(=O)CC(=O)[O-])OCCCC.CCCCOC(C)(CC(=O)CC(=O)[O-])OCCCC.[Ti+4]. The first-order valence-electron chi connectivity index (χ1n) is 27.7. The summed E-state index contributed by atoms with van der Waals surface area (Å²) in [5.74, 6) is -11.3. The quantitative estimate of drug-likeness (QED) is 0.0303. The maximum atomic E-state index is 11.6. The van der Waals surface area contributed by atoms with Gasteiger partial charge in [0.25, 0.3) is 0 Å². The summed E-state index contributed by atoms with van der Waals surface area (Å²) in [5, 5.41) is 41.6. The van der Waals surface area contributed by atoms with Crippen molar-refractivity contribution in [1.29, 1.82) is 0 Å². The molecule has 21 heteroatoms. The molecule has 0 aromatic carbocycles. The molecule has 0 aliphatic heterocycles. The maximum absolute atomic E-state index is 11.6. The van der Waals surface area contributed by atoms with Crippen LogP contribution < -0.4 is 20.4 Å². The van der Waals surface area contributed by atoms with Crippen molar-refractivity contribution in [2.24, 2.45) is 0 Å². The molecule has 0 aliphatic carbocycles. The first-order chi connectivity index (χ1) is 35.7. The molecule has 0 aromatic heterocycles. The van der Waals surface area contributed by atoms with Crippen LogP contribution in [0.15, 0.2) is 0 Å². The van der Waals surface area contributed by atoms with E-state index in [0.29, 0.717) is 52.9 Å². The van der Waals surface area contributed by atoms with Crippen molar-refractivity contribution < 1.29 is 118 Å². The van der Waals surface area contributed by atoms with Gasteiger partial charge in [0.05, 0.1) is 78.5 Å². The Labute approximate surface area is 476 Å². The van der Waals surface area contributed by atoms with Crippen LogP contribution in [0.2, 0.25) is 0 Å². The molecule has 0 amide bonds. The van der Waals surface area contributed by atoms with Gasteiger partial charge in [0.15, 0.2) is 23.1 Å². The van der Waals surface area contributed by atoms with Gasteiger partial charge in [-0.1, -0.05) is 107 Å². The predicted molar refractivity (Wildman–Crippen MR) is 277 cm³/mol. The van der Waals surface area contributed by atoms with E-state index >= 15 is 0 Å². The number of carbonyl (C=O) groups excluding carboxylic acids is 8. The fourth-order valence-electron chi connectivity index (χ4n) is 6.36. The molecule has 77 heavy (non-hydrogen) atoms. The summed E-state index contributed by atoms with van der Waals surface area (Å²) in [6.07, 6.45) is 12.3. The smallest absolute Gasteiger partial charge is 0.550 e. The van der Waals surface area contributed by atoms with Crippen molar-refractivity contribution in [1.82, 2.24) is 0 Å². The summed E-state index contributed by atoms with van der Waals surface area (Å²) in [5.41, 5.74) is 0. The normalized spacial score (nSPS) is 11.4. The second kappa shape index (κ2) is 52.3. The molecule has 0 unspecified atom stereocenters. The van der Waals surface area contributed by atoms with Crippen LogP contribution >= 0.6 is 0 Å². The molecule has 0 radical (unpaired) electrons. The maximum Gasteiger partial charge on any atom is 4.00 e. The summed E-state index contributed by atoms with van der Waals surface area (Å²) in [6.45, 7) is 27.1. The van der Waals surface area contributed by atoms with Gasteiger partial charge in [-0.2, -0.15) is 0 Å². The van der Waals surface area contributed by atoms with Gasteiger partial charge in [-0.25, -0.2) is 0 Å². The Balaban J connectivity index is -0.000000298. The number of carboxylic acids is 4. The molecule has 0 spiro atoms. The van der Waals surface area contributed by atoms with Crippen LogP contribution in [-0.4, -0.2) is 123 Å². The first-order valence-corrected chi connectivity index (χ1v) is 27.7. The third-order valence-electron chi connectivity index (χ3n) is 10.7. The molecular weight excluding hydrogens is 1040 g/mol. The predicted octanol–water partition coefficient (Wildman–Crippen LogP) is 5.74. The minimum atomic E-state index is -1.37. The van der Waals surface area contributed by atoms with Crippen LogP contribution in [0.25, 0.3) is 0 Å². The third kappa shape index (κ3) is 56.0. The molecule has 0 aromatic rings. The number of hydrogen-bond acceptors (Lipinski definition) is 20. The van der Waals surface area contributed by atoms with E-state index in [-0.39, 0.29) is 47.4 Å². The second-order valence-electron chi connectivity index (χ2n) is 19.2. The molecule has 0 saturated heterocycles. The zero-order valence-electron chi connectivity index (χ0n) is 49.3. The van der Waals surface area contributed by atoms with E-state index in [9.17, 15) is 58.8 Å². The summed E-state index contributed by atoms with van der Waals surface area (Å²) in [4.78, 5) is 87.8. The van der Waals surface area contributed by atoms with E-state index < -0.39 is 95.8 Å². The van der Waals surface area contributed by atoms with Gasteiger partial charge in [0, 0.05) is 49.6 Å². The van der Waals surface area contributed by atoms with Crippen molar-refractivity contribution in [2.45, 2.75) is 260 Å². The minimum Gasteiger partial charge on any atom is -0.550 e. The Hall–Kier alpha value is -3.05. The van der Waals surface area contributed by atoms with E-state index in [1.165, 1.54) is 0 Å². The number of Topliss-reactive ketones (excluding diaryl/α,β-unsaturated/α-hetero) is 4. The molecule has 0 saturated carbocycles. The molecule has 0 N–H and O–H groups in total. The molecule has 0 rings (SSSR count). The van der Waals surface area contributed by atoms with Crippen LogP contribution in [0.1, 0.15) is 237 Å². The number of aliphatic carboxylic acids is 4. The average molecular weight is 1140 g/mol. The van der Waals surface area contributed by atoms with Gasteiger partial charge >= 0.3 is 21.7 Å². The number of ether oxygens (including phenoxy) is 8. The van der Waals surface area contributed by atoms with Gasteiger partial charge in [-0.05, 0) is 79.1 Å². The second-order valence-corrected chi connectivity index (χ2v) is 19.2. The van der Waals surface area contributed by atoms with Crippen LogP contribution in [0, 0.1) is 0 Å². The van der Waals surface area contributed by atoms with Crippen molar-refractivity contribution in [3.8, 4) is 0 Å². The largest absolute Gasteiger partial charge is 4.00 e. The topological polar surface area (TPSA) is 303 Å². The molecule has 448 valence electrons. The molecule has 20 nitrogen and oxygen atoms in total. The van der Waals surface area contributed by atoms with E-state index in [4.69, 9.17) is 37.9 Å². The average Bonchev–Trinajstić information content (AvgIpc) is 3.29. The van der Waals surface area contributed by atoms with Crippen molar-refractivity contribution in [2.75, 3.05) is 52.9 Å². The van der Waals surface area contributed by atoms with E-state index in [0.717, 1.165) is 103 Å². The van der Waals surface area contributed by atoms with Crippen molar-refractivity contribution in [3.63, 3.8) is 0 Å². The molecule has 0 aliphatic rings.